The quantitative estimate of drug-likeness (QED) is 0.357. The average Bonchev–Trinajstić information content (AvgIpc) is 3.01. The molecule has 0 amide bonds. The summed E-state index contributed by atoms with van der Waals surface area (Å²) in [4.78, 5) is 6.01. The maximum Gasteiger partial charge on any atom is 0.126 e. The van der Waals surface area contributed by atoms with E-state index in [-0.39, 0.29) is 0 Å². The molecule has 2 aliphatic rings. The summed E-state index contributed by atoms with van der Waals surface area (Å²) in [6.45, 7) is 0. The normalized spacial score (nSPS) is 12.1. The molecule has 0 bridgehead atoms. The first kappa shape index (κ1) is 12.4. The summed E-state index contributed by atoms with van der Waals surface area (Å²) in [6.07, 6.45) is 0. The summed E-state index contributed by atoms with van der Waals surface area (Å²) in [5.41, 5.74) is 3.44. The Bertz CT molecular complexity index is 1150. The summed E-state index contributed by atoms with van der Waals surface area (Å²) in [5, 5.41) is 5.55. The van der Waals surface area contributed by atoms with E-state index in [2.05, 4.69) is 48.0 Å². The van der Waals surface area contributed by atoms with Crippen LogP contribution in [0, 0.1) is 0 Å². The monoisotopic (exact) mass is 322 g/mol. The van der Waals surface area contributed by atoms with E-state index in [1.54, 1.807) is 11.3 Å². The predicted octanol–water partition coefficient (Wildman–Crippen LogP) is 5.70. The average molecular weight is 323 g/mol. The van der Waals surface area contributed by atoms with Crippen LogP contribution in [-0.4, -0.2) is 9.55 Å². The summed E-state index contributed by atoms with van der Waals surface area (Å²) in [7, 11) is 2.12. The Hall–Kier alpha value is -2.10. The fourth-order valence-electron chi connectivity index (χ4n) is 3.23. The van der Waals surface area contributed by atoms with E-state index in [0.29, 0.717) is 0 Å². The second-order valence-corrected chi connectivity index (χ2v) is 6.95. The Balaban J connectivity index is 2.02. The Kier molecular flexibility index (Phi) is 2.38. The zero-order valence-corrected chi connectivity index (χ0v) is 13.4. The zero-order chi connectivity index (χ0) is 14.8. The molecule has 2 nitrogen and oxygen atoms in total. The Morgan fingerprint density at radius 2 is 1.86 bits per heavy atom. The molecule has 0 radical (unpaired) electrons. The maximum atomic E-state index is 6.09. The van der Waals surface area contributed by atoms with Crippen LogP contribution >= 0.6 is 22.9 Å². The molecular formula is C18H11ClN2S. The highest BCUT2D eigenvalue weighted by atomic mass is 35.5. The van der Waals surface area contributed by atoms with Crippen molar-refractivity contribution in [3.8, 4) is 10.6 Å². The van der Waals surface area contributed by atoms with Crippen LogP contribution in [0.15, 0.2) is 48.5 Å². The van der Waals surface area contributed by atoms with Crippen molar-refractivity contribution in [1.29, 1.82) is 0 Å². The van der Waals surface area contributed by atoms with Crippen LogP contribution in [0.3, 0.4) is 0 Å². The lowest BCUT2D eigenvalue weighted by Gasteiger charge is -2.00. The molecule has 2 aromatic carbocycles. The highest BCUT2D eigenvalue weighted by Gasteiger charge is 2.17. The molecule has 0 unspecified atom stereocenters. The molecule has 0 saturated carbocycles. The van der Waals surface area contributed by atoms with Gasteiger partial charge in [0, 0.05) is 39.3 Å². The molecule has 5 rings (SSSR count). The lowest BCUT2D eigenvalue weighted by molar-refractivity contribution is 1.02. The van der Waals surface area contributed by atoms with Crippen LogP contribution in [0.5, 0.6) is 0 Å². The van der Waals surface area contributed by atoms with Crippen molar-refractivity contribution >= 4 is 55.0 Å². The topological polar surface area (TPSA) is 17.8 Å². The number of halogens is 1. The van der Waals surface area contributed by atoms with Crippen LogP contribution < -0.4 is 0 Å². The van der Waals surface area contributed by atoms with E-state index < -0.39 is 0 Å². The Morgan fingerprint density at radius 3 is 2.77 bits per heavy atom. The van der Waals surface area contributed by atoms with Gasteiger partial charge in [-0.25, -0.2) is 4.98 Å². The number of rotatable bonds is 0. The highest BCUT2D eigenvalue weighted by Crippen LogP contribution is 2.41. The van der Waals surface area contributed by atoms with Crippen molar-refractivity contribution in [2.45, 2.75) is 0 Å². The number of hydrogen-bond donors (Lipinski definition) is 0. The molecule has 0 atom stereocenters. The Labute approximate surface area is 135 Å². The molecule has 4 heteroatoms. The number of aryl methyl sites for hydroxylation is 1. The highest BCUT2D eigenvalue weighted by molar-refractivity contribution is 7.21. The minimum Gasteiger partial charge on any atom is -0.335 e. The molecule has 106 valence electrons. The molecule has 0 fully saturated rings. The SMILES string of the molecule is Cn1c2ccccc2c2cc3c4ccc(Cl)cc4nc-3sc21. The number of fused-ring (bicyclic) bond motifs is 6. The maximum absolute atomic E-state index is 6.09. The van der Waals surface area contributed by atoms with Crippen molar-refractivity contribution < 1.29 is 0 Å². The molecule has 3 heterocycles. The van der Waals surface area contributed by atoms with Crippen LogP contribution in [0.1, 0.15) is 0 Å². The molecule has 3 aromatic rings. The fourth-order valence-corrected chi connectivity index (χ4v) is 4.51. The second kappa shape index (κ2) is 4.22. The molecule has 22 heavy (non-hydrogen) atoms. The van der Waals surface area contributed by atoms with Gasteiger partial charge in [-0.3, -0.25) is 0 Å². The van der Waals surface area contributed by atoms with Crippen molar-refractivity contribution in [3.05, 3.63) is 53.6 Å². The summed E-state index contributed by atoms with van der Waals surface area (Å²) in [5.74, 6) is 0. The first-order chi connectivity index (χ1) is 10.7. The third-order valence-electron chi connectivity index (χ3n) is 4.27. The molecule has 0 spiro atoms. The smallest absolute Gasteiger partial charge is 0.126 e. The summed E-state index contributed by atoms with van der Waals surface area (Å²) < 4.78 is 2.25. The lowest BCUT2D eigenvalue weighted by atomic mass is 10.1. The van der Waals surface area contributed by atoms with Crippen molar-refractivity contribution in [3.63, 3.8) is 0 Å². The molecule has 0 saturated heterocycles. The standard InChI is InChI=1S/C18H11ClN2S/c1-21-16-5-3-2-4-12(16)14-9-13-11-7-6-10(19)8-15(11)20-17(13)22-18(14)21/h2-9H,1H3. The van der Waals surface area contributed by atoms with Crippen molar-refractivity contribution in [2.75, 3.05) is 0 Å². The minimum atomic E-state index is 0.732. The van der Waals surface area contributed by atoms with Gasteiger partial charge in [-0.1, -0.05) is 47.2 Å². The molecule has 0 N–H and O–H groups in total. The van der Waals surface area contributed by atoms with Gasteiger partial charge in [-0.05, 0) is 24.3 Å². The van der Waals surface area contributed by atoms with Gasteiger partial charge in [0.25, 0.3) is 0 Å². The largest absolute Gasteiger partial charge is 0.335 e. The van der Waals surface area contributed by atoms with Crippen LogP contribution in [-0.2, 0) is 7.05 Å². The molecule has 1 aromatic heterocycles. The summed E-state index contributed by atoms with van der Waals surface area (Å²) in [6, 6.07) is 16.7. The van der Waals surface area contributed by atoms with Gasteiger partial charge >= 0.3 is 0 Å². The molecule has 0 aliphatic carbocycles. The van der Waals surface area contributed by atoms with Gasteiger partial charge < -0.3 is 4.57 Å². The third-order valence-corrected chi connectivity index (χ3v) is 5.70. The molecule has 2 aliphatic heterocycles. The number of nitrogens with zero attached hydrogens (tertiary/aromatic N) is 2. The number of hydrogen-bond acceptors (Lipinski definition) is 2. The predicted molar refractivity (Wildman–Crippen MR) is 95.2 cm³/mol. The zero-order valence-electron chi connectivity index (χ0n) is 11.8. The fraction of sp³-hybridized carbons (Fsp3) is 0.0556. The van der Waals surface area contributed by atoms with E-state index in [4.69, 9.17) is 16.6 Å². The van der Waals surface area contributed by atoms with Crippen LogP contribution in [0.2, 0.25) is 5.02 Å². The van der Waals surface area contributed by atoms with E-state index in [0.717, 1.165) is 15.5 Å². The first-order valence-corrected chi connectivity index (χ1v) is 8.28. The van der Waals surface area contributed by atoms with E-state index in [1.165, 1.54) is 32.1 Å². The van der Waals surface area contributed by atoms with Crippen LogP contribution in [0.25, 0.3) is 42.6 Å². The number of para-hydroxylation sites is 1. The minimum absolute atomic E-state index is 0.732. The van der Waals surface area contributed by atoms with Gasteiger partial charge in [-0.15, -0.1) is 0 Å². The van der Waals surface area contributed by atoms with Crippen LogP contribution in [0.4, 0.5) is 0 Å². The van der Waals surface area contributed by atoms with Crippen molar-refractivity contribution in [2.24, 2.45) is 7.05 Å². The third kappa shape index (κ3) is 1.52. The lowest BCUT2D eigenvalue weighted by Crippen LogP contribution is -1.84. The Morgan fingerprint density at radius 1 is 1.00 bits per heavy atom. The number of benzene rings is 2. The van der Waals surface area contributed by atoms with Crippen molar-refractivity contribution in [1.82, 2.24) is 9.55 Å². The summed E-state index contributed by atoms with van der Waals surface area (Å²) >= 11 is 7.84. The van der Waals surface area contributed by atoms with Gasteiger partial charge in [0.15, 0.2) is 0 Å². The van der Waals surface area contributed by atoms with E-state index in [9.17, 15) is 0 Å². The van der Waals surface area contributed by atoms with Gasteiger partial charge in [0.05, 0.1) is 5.52 Å². The van der Waals surface area contributed by atoms with Gasteiger partial charge in [-0.2, -0.15) is 0 Å². The van der Waals surface area contributed by atoms with E-state index in [1.807, 2.05) is 12.1 Å². The van der Waals surface area contributed by atoms with Gasteiger partial charge in [0.1, 0.15) is 9.84 Å². The number of aromatic nitrogens is 2. The van der Waals surface area contributed by atoms with Gasteiger partial charge in [0.2, 0.25) is 0 Å². The molecular weight excluding hydrogens is 312 g/mol. The second-order valence-electron chi connectivity index (χ2n) is 5.53. The first-order valence-electron chi connectivity index (χ1n) is 7.08. The van der Waals surface area contributed by atoms with E-state index >= 15 is 0 Å².